The van der Waals surface area contributed by atoms with Crippen LogP contribution < -0.4 is 5.73 Å². The van der Waals surface area contributed by atoms with E-state index in [1.54, 1.807) is 0 Å². The third-order valence-corrected chi connectivity index (χ3v) is 1.93. The van der Waals surface area contributed by atoms with Crippen LogP contribution in [0.4, 0.5) is 4.39 Å². The molecular formula is C8H9ClFNO2. The van der Waals surface area contributed by atoms with Crippen LogP contribution in [0.3, 0.4) is 0 Å². The molecule has 0 aliphatic rings. The van der Waals surface area contributed by atoms with Gasteiger partial charge in [0.15, 0.2) is 0 Å². The summed E-state index contributed by atoms with van der Waals surface area (Å²) in [6.45, 7) is -0.124. The Bertz CT molecular complexity index is 296. The molecule has 0 fully saturated rings. The standard InChI is InChI=1S/C8H9ClFNO2/c9-5-1-4(12)2-6(10)8(5)7(13)3-11/h1-2,7,12-13H,3,11H2. The molecule has 5 heteroatoms. The summed E-state index contributed by atoms with van der Waals surface area (Å²) in [7, 11) is 0. The Hall–Kier alpha value is -0.840. The molecule has 72 valence electrons. The van der Waals surface area contributed by atoms with E-state index in [0.717, 1.165) is 12.1 Å². The maximum atomic E-state index is 13.1. The zero-order valence-electron chi connectivity index (χ0n) is 6.67. The summed E-state index contributed by atoms with van der Waals surface area (Å²) in [6.07, 6.45) is -1.15. The number of aromatic hydroxyl groups is 1. The topological polar surface area (TPSA) is 66.5 Å². The highest BCUT2D eigenvalue weighted by molar-refractivity contribution is 6.31. The van der Waals surface area contributed by atoms with Gasteiger partial charge in [-0.15, -0.1) is 0 Å². The Morgan fingerprint density at radius 1 is 1.54 bits per heavy atom. The first-order valence-corrected chi connectivity index (χ1v) is 4.00. The van der Waals surface area contributed by atoms with E-state index in [0.29, 0.717) is 0 Å². The van der Waals surface area contributed by atoms with Gasteiger partial charge in [0.2, 0.25) is 0 Å². The Morgan fingerprint density at radius 3 is 2.62 bits per heavy atom. The van der Waals surface area contributed by atoms with Crippen molar-refractivity contribution in [2.24, 2.45) is 5.73 Å². The number of hydrogen-bond acceptors (Lipinski definition) is 3. The molecule has 1 unspecified atom stereocenters. The van der Waals surface area contributed by atoms with Gasteiger partial charge in [0.05, 0.1) is 11.1 Å². The lowest BCUT2D eigenvalue weighted by molar-refractivity contribution is 0.182. The van der Waals surface area contributed by atoms with Crippen LogP contribution in [0.1, 0.15) is 11.7 Å². The number of aliphatic hydroxyl groups is 1. The molecule has 1 atom stereocenters. The third kappa shape index (κ3) is 2.09. The number of hydrogen-bond donors (Lipinski definition) is 3. The van der Waals surface area contributed by atoms with Crippen molar-refractivity contribution in [1.29, 1.82) is 0 Å². The van der Waals surface area contributed by atoms with Gasteiger partial charge in [-0.25, -0.2) is 4.39 Å². The van der Waals surface area contributed by atoms with Gasteiger partial charge in [0, 0.05) is 18.2 Å². The fourth-order valence-corrected chi connectivity index (χ4v) is 1.34. The second-order valence-corrected chi connectivity index (χ2v) is 2.98. The van der Waals surface area contributed by atoms with Crippen LogP contribution >= 0.6 is 11.6 Å². The second-order valence-electron chi connectivity index (χ2n) is 2.57. The third-order valence-electron chi connectivity index (χ3n) is 1.62. The zero-order valence-corrected chi connectivity index (χ0v) is 7.42. The van der Waals surface area contributed by atoms with Gasteiger partial charge in [-0.2, -0.15) is 0 Å². The number of phenolic OH excluding ortho intramolecular Hbond substituents is 1. The molecule has 0 saturated heterocycles. The average Bonchev–Trinajstić information content (AvgIpc) is 2.02. The number of rotatable bonds is 2. The number of aliphatic hydroxyl groups excluding tert-OH is 1. The first-order chi connectivity index (χ1) is 6.06. The van der Waals surface area contributed by atoms with Crippen molar-refractivity contribution in [3.8, 4) is 5.75 Å². The van der Waals surface area contributed by atoms with Gasteiger partial charge in [0.1, 0.15) is 11.6 Å². The molecule has 0 bridgehead atoms. The molecule has 0 spiro atoms. The normalized spacial score (nSPS) is 12.9. The smallest absolute Gasteiger partial charge is 0.134 e. The quantitative estimate of drug-likeness (QED) is 0.679. The Labute approximate surface area is 79.6 Å². The molecule has 3 nitrogen and oxygen atoms in total. The first kappa shape index (κ1) is 10.2. The molecule has 0 aliphatic heterocycles. The lowest BCUT2D eigenvalue weighted by Crippen LogP contribution is -2.13. The maximum absolute atomic E-state index is 13.1. The predicted octanol–water partition coefficient (Wildman–Crippen LogP) is 1.18. The van der Waals surface area contributed by atoms with Crippen LogP contribution in [0, 0.1) is 5.82 Å². The van der Waals surface area contributed by atoms with Crippen molar-refractivity contribution in [2.45, 2.75) is 6.10 Å². The van der Waals surface area contributed by atoms with E-state index < -0.39 is 11.9 Å². The first-order valence-electron chi connectivity index (χ1n) is 3.62. The Morgan fingerprint density at radius 2 is 2.15 bits per heavy atom. The van der Waals surface area contributed by atoms with Crippen molar-refractivity contribution < 1.29 is 14.6 Å². The van der Waals surface area contributed by atoms with E-state index in [2.05, 4.69) is 0 Å². The lowest BCUT2D eigenvalue weighted by atomic mass is 10.1. The molecule has 0 aromatic heterocycles. The van der Waals surface area contributed by atoms with Crippen molar-refractivity contribution >= 4 is 11.6 Å². The number of benzene rings is 1. The summed E-state index contributed by atoms with van der Waals surface area (Å²) < 4.78 is 13.1. The summed E-state index contributed by atoms with van der Waals surface area (Å²) in [6, 6.07) is 2.03. The fourth-order valence-electron chi connectivity index (χ4n) is 1.01. The van der Waals surface area contributed by atoms with Crippen LogP contribution in [0.5, 0.6) is 5.75 Å². The van der Waals surface area contributed by atoms with Crippen LogP contribution in [0.15, 0.2) is 12.1 Å². The van der Waals surface area contributed by atoms with E-state index in [4.69, 9.17) is 22.4 Å². The number of phenols is 1. The van der Waals surface area contributed by atoms with E-state index in [1.165, 1.54) is 0 Å². The van der Waals surface area contributed by atoms with Crippen molar-refractivity contribution in [3.05, 3.63) is 28.5 Å². The van der Waals surface area contributed by atoms with E-state index in [9.17, 15) is 9.50 Å². The zero-order chi connectivity index (χ0) is 10.0. The minimum Gasteiger partial charge on any atom is -0.508 e. The monoisotopic (exact) mass is 205 g/mol. The lowest BCUT2D eigenvalue weighted by Gasteiger charge is -2.11. The highest BCUT2D eigenvalue weighted by Gasteiger charge is 2.16. The summed E-state index contributed by atoms with van der Waals surface area (Å²) in [5.41, 5.74) is 5.06. The minimum absolute atomic E-state index is 0.0320. The molecular weight excluding hydrogens is 197 g/mol. The molecule has 13 heavy (non-hydrogen) atoms. The molecule has 0 heterocycles. The second kappa shape index (κ2) is 3.91. The predicted molar refractivity (Wildman–Crippen MR) is 47.1 cm³/mol. The highest BCUT2D eigenvalue weighted by atomic mass is 35.5. The maximum Gasteiger partial charge on any atom is 0.134 e. The highest BCUT2D eigenvalue weighted by Crippen LogP contribution is 2.29. The van der Waals surface area contributed by atoms with Crippen LogP contribution in [0.2, 0.25) is 5.02 Å². The van der Waals surface area contributed by atoms with Gasteiger partial charge < -0.3 is 15.9 Å². The molecule has 0 aliphatic carbocycles. The van der Waals surface area contributed by atoms with Crippen LogP contribution in [-0.4, -0.2) is 16.8 Å². The summed E-state index contributed by atoms with van der Waals surface area (Å²) >= 11 is 5.59. The van der Waals surface area contributed by atoms with E-state index >= 15 is 0 Å². The Kier molecular flexibility index (Phi) is 3.08. The van der Waals surface area contributed by atoms with Crippen LogP contribution in [0.25, 0.3) is 0 Å². The molecule has 0 amide bonds. The average molecular weight is 206 g/mol. The van der Waals surface area contributed by atoms with Gasteiger partial charge in [-0.1, -0.05) is 11.6 Å². The summed E-state index contributed by atoms with van der Waals surface area (Å²) in [5.74, 6) is -1.04. The van der Waals surface area contributed by atoms with Gasteiger partial charge in [-0.05, 0) is 6.07 Å². The minimum atomic E-state index is -1.15. The fraction of sp³-hybridized carbons (Fsp3) is 0.250. The van der Waals surface area contributed by atoms with Crippen LogP contribution in [-0.2, 0) is 0 Å². The molecule has 1 aromatic rings. The number of nitrogens with two attached hydrogens (primary N) is 1. The molecule has 1 aromatic carbocycles. The van der Waals surface area contributed by atoms with Gasteiger partial charge in [0.25, 0.3) is 0 Å². The van der Waals surface area contributed by atoms with Gasteiger partial charge >= 0.3 is 0 Å². The van der Waals surface area contributed by atoms with Gasteiger partial charge in [-0.3, -0.25) is 0 Å². The van der Waals surface area contributed by atoms with E-state index in [-0.39, 0.29) is 22.9 Å². The largest absolute Gasteiger partial charge is 0.508 e. The molecule has 1 rings (SSSR count). The molecule has 0 saturated carbocycles. The van der Waals surface area contributed by atoms with E-state index in [1.807, 2.05) is 0 Å². The summed E-state index contributed by atoms with van der Waals surface area (Å²) in [5, 5.41) is 18.2. The van der Waals surface area contributed by atoms with Crippen molar-refractivity contribution in [2.75, 3.05) is 6.54 Å². The molecule has 0 radical (unpaired) electrons. The van der Waals surface area contributed by atoms with Crippen molar-refractivity contribution in [1.82, 2.24) is 0 Å². The molecule has 4 N–H and O–H groups in total. The SMILES string of the molecule is NCC(O)c1c(F)cc(O)cc1Cl. The summed E-state index contributed by atoms with van der Waals surface area (Å²) in [4.78, 5) is 0. The Balaban J connectivity index is 3.20. The number of halogens is 2. The van der Waals surface area contributed by atoms with Crippen molar-refractivity contribution in [3.63, 3.8) is 0 Å².